The Kier molecular flexibility index (Phi) is 29.0. The van der Waals surface area contributed by atoms with Crippen molar-refractivity contribution in [2.75, 3.05) is 39.5 Å². The van der Waals surface area contributed by atoms with E-state index in [4.69, 9.17) is 24.7 Å². The van der Waals surface area contributed by atoms with Gasteiger partial charge in [0.1, 0.15) is 17.2 Å². The van der Waals surface area contributed by atoms with Gasteiger partial charge in [-0.15, -0.1) is 0 Å². The number of rotatable bonds is 32. The lowest BCUT2D eigenvalue weighted by molar-refractivity contribution is -0.159. The molecule has 0 unspecified atom stereocenters. The molecule has 0 aromatic carbocycles. The van der Waals surface area contributed by atoms with E-state index in [-0.39, 0.29) is 24.2 Å². The van der Waals surface area contributed by atoms with Crippen molar-refractivity contribution in [2.45, 2.75) is 187 Å². The molecule has 11 nitrogen and oxygen atoms in total. The number of hydrogen-bond acceptors (Lipinski definition) is 9. The van der Waals surface area contributed by atoms with Crippen LogP contribution in [-0.2, 0) is 38.1 Å². The highest BCUT2D eigenvalue weighted by molar-refractivity contribution is 5.84. The average molecular weight is 714 g/mol. The molecule has 0 spiro atoms. The lowest BCUT2D eigenvalue weighted by Crippen LogP contribution is -2.44. The van der Waals surface area contributed by atoms with E-state index < -0.39 is 23.2 Å². The van der Waals surface area contributed by atoms with Crippen LogP contribution in [0.1, 0.15) is 170 Å². The van der Waals surface area contributed by atoms with Gasteiger partial charge in [-0.2, -0.15) is 0 Å². The van der Waals surface area contributed by atoms with Crippen LogP contribution in [0.5, 0.6) is 0 Å². The Morgan fingerprint density at radius 1 is 0.540 bits per heavy atom. The summed E-state index contributed by atoms with van der Waals surface area (Å²) in [5.74, 6) is -0.711. The summed E-state index contributed by atoms with van der Waals surface area (Å²) in [6, 6.07) is -0.698. The topological polar surface area (TPSA) is 155 Å². The summed E-state index contributed by atoms with van der Waals surface area (Å²) >= 11 is 0. The van der Waals surface area contributed by atoms with E-state index in [0.717, 1.165) is 32.1 Å². The molecular formula is C39H75N3O8. The smallest absolute Gasteiger partial charge is 0.329 e. The number of carbonyl (C=O) groups excluding carboxylic acids is 4. The summed E-state index contributed by atoms with van der Waals surface area (Å²) in [7, 11) is 0. The van der Waals surface area contributed by atoms with E-state index in [0.29, 0.717) is 71.6 Å². The SMILES string of the molecule is CC(C)(C)OC(=O)CCCCCCCCCCCCCCCCC(=O)N[C@@H](CCCCNC(=O)CCOCCOCCN)C(=O)OC(C)(C)C. The van der Waals surface area contributed by atoms with Crippen molar-refractivity contribution in [1.29, 1.82) is 0 Å². The largest absolute Gasteiger partial charge is 0.460 e. The van der Waals surface area contributed by atoms with E-state index >= 15 is 0 Å². The zero-order chi connectivity index (χ0) is 37.5. The van der Waals surface area contributed by atoms with Gasteiger partial charge in [-0.05, 0) is 73.6 Å². The minimum absolute atomic E-state index is 0.0856. The summed E-state index contributed by atoms with van der Waals surface area (Å²) in [6.45, 7) is 13.8. The third kappa shape index (κ3) is 34.2. The molecule has 0 aromatic rings. The van der Waals surface area contributed by atoms with Gasteiger partial charge in [0.15, 0.2) is 0 Å². The number of hydrogen-bond donors (Lipinski definition) is 3. The first-order valence-electron chi connectivity index (χ1n) is 19.6. The van der Waals surface area contributed by atoms with Crippen molar-refractivity contribution in [3.63, 3.8) is 0 Å². The lowest BCUT2D eigenvalue weighted by Gasteiger charge is -2.24. The predicted molar refractivity (Wildman–Crippen MR) is 200 cm³/mol. The van der Waals surface area contributed by atoms with E-state index in [2.05, 4.69) is 10.6 Å². The van der Waals surface area contributed by atoms with E-state index in [9.17, 15) is 19.2 Å². The first-order valence-corrected chi connectivity index (χ1v) is 19.6. The van der Waals surface area contributed by atoms with Gasteiger partial charge in [0.25, 0.3) is 0 Å². The molecule has 0 saturated carbocycles. The van der Waals surface area contributed by atoms with Crippen LogP contribution in [-0.4, -0.2) is 80.5 Å². The Labute approximate surface area is 304 Å². The van der Waals surface area contributed by atoms with Crippen molar-refractivity contribution in [2.24, 2.45) is 5.73 Å². The molecule has 1 atom stereocenters. The van der Waals surface area contributed by atoms with Crippen LogP contribution in [0.2, 0.25) is 0 Å². The monoisotopic (exact) mass is 714 g/mol. The highest BCUT2D eigenvalue weighted by atomic mass is 16.6. The fraction of sp³-hybridized carbons (Fsp3) is 0.897. The summed E-state index contributed by atoms with van der Waals surface area (Å²) in [5.41, 5.74) is 4.32. The van der Waals surface area contributed by atoms with Crippen LogP contribution in [0.3, 0.4) is 0 Å². The molecule has 0 bridgehead atoms. The Hall–Kier alpha value is -2.24. The number of carbonyl (C=O) groups is 4. The van der Waals surface area contributed by atoms with E-state index in [1.165, 1.54) is 57.8 Å². The second kappa shape index (κ2) is 30.4. The quantitative estimate of drug-likeness (QED) is 0.0491. The third-order valence-corrected chi connectivity index (χ3v) is 7.83. The molecule has 0 aliphatic heterocycles. The van der Waals surface area contributed by atoms with Crippen molar-refractivity contribution in [3.8, 4) is 0 Å². The van der Waals surface area contributed by atoms with E-state index in [1.54, 1.807) is 0 Å². The zero-order valence-corrected chi connectivity index (χ0v) is 32.8. The highest BCUT2D eigenvalue weighted by Crippen LogP contribution is 2.16. The van der Waals surface area contributed by atoms with Gasteiger partial charge < -0.3 is 35.3 Å². The highest BCUT2D eigenvalue weighted by Gasteiger charge is 2.26. The summed E-state index contributed by atoms with van der Waals surface area (Å²) < 4.78 is 21.5. The van der Waals surface area contributed by atoms with Gasteiger partial charge in [-0.1, -0.05) is 77.0 Å². The van der Waals surface area contributed by atoms with Gasteiger partial charge in [0.05, 0.1) is 26.4 Å². The number of unbranched alkanes of at least 4 members (excludes halogenated alkanes) is 14. The first kappa shape index (κ1) is 47.8. The molecular weight excluding hydrogens is 638 g/mol. The second-order valence-corrected chi connectivity index (χ2v) is 15.3. The molecule has 0 aliphatic carbocycles. The molecule has 0 heterocycles. The van der Waals surface area contributed by atoms with Gasteiger partial charge in [0.2, 0.25) is 11.8 Å². The predicted octanol–water partition coefficient (Wildman–Crippen LogP) is 7.06. The minimum atomic E-state index is -0.698. The summed E-state index contributed by atoms with van der Waals surface area (Å²) in [6.07, 6.45) is 19.2. The number of nitrogens with one attached hydrogen (secondary N) is 2. The van der Waals surface area contributed by atoms with Crippen molar-refractivity contribution in [1.82, 2.24) is 10.6 Å². The van der Waals surface area contributed by atoms with Crippen molar-refractivity contribution in [3.05, 3.63) is 0 Å². The molecule has 4 N–H and O–H groups in total. The van der Waals surface area contributed by atoms with Crippen LogP contribution in [0, 0.1) is 0 Å². The van der Waals surface area contributed by atoms with Crippen LogP contribution in [0.25, 0.3) is 0 Å². The number of esters is 2. The molecule has 0 rings (SSSR count). The Morgan fingerprint density at radius 2 is 1.02 bits per heavy atom. The summed E-state index contributed by atoms with van der Waals surface area (Å²) in [5, 5.41) is 5.77. The van der Waals surface area contributed by atoms with Crippen LogP contribution >= 0.6 is 0 Å². The molecule has 11 heteroatoms. The third-order valence-electron chi connectivity index (χ3n) is 7.83. The molecule has 2 amide bonds. The standard InChI is InChI=1S/C39H75N3O8/c1-38(2,3)49-36(45)25-20-18-16-14-12-10-8-7-9-11-13-15-17-19-24-35(44)42-33(37(46)50-39(4,5)6)23-21-22-28-41-34(43)26-29-47-31-32-48-30-27-40/h33H,7-32,40H2,1-6H3,(H,41,43)(H,42,44)/t33-/m0/s1. The maximum atomic E-state index is 12.8. The lowest BCUT2D eigenvalue weighted by atomic mass is 10.0. The van der Waals surface area contributed by atoms with Gasteiger partial charge in [0, 0.05) is 32.4 Å². The fourth-order valence-corrected chi connectivity index (χ4v) is 5.32. The second-order valence-electron chi connectivity index (χ2n) is 15.3. The van der Waals surface area contributed by atoms with Gasteiger partial charge in [-0.3, -0.25) is 14.4 Å². The first-order chi connectivity index (χ1) is 23.7. The molecule has 0 radical (unpaired) electrons. The normalized spacial score (nSPS) is 12.4. The van der Waals surface area contributed by atoms with Gasteiger partial charge in [-0.25, -0.2) is 4.79 Å². The average Bonchev–Trinajstić information content (AvgIpc) is 3.01. The summed E-state index contributed by atoms with van der Waals surface area (Å²) in [4.78, 5) is 49.3. The Balaban J connectivity index is 3.96. The number of amides is 2. The van der Waals surface area contributed by atoms with E-state index in [1.807, 2.05) is 41.5 Å². The number of nitrogens with two attached hydrogens (primary N) is 1. The molecule has 0 fully saturated rings. The zero-order valence-electron chi connectivity index (χ0n) is 32.8. The molecule has 294 valence electrons. The molecule has 0 aliphatic rings. The maximum absolute atomic E-state index is 12.8. The van der Waals surface area contributed by atoms with Crippen LogP contribution in [0.15, 0.2) is 0 Å². The number of ether oxygens (including phenoxy) is 4. The van der Waals surface area contributed by atoms with Crippen molar-refractivity contribution >= 4 is 23.8 Å². The molecule has 0 saturated heterocycles. The minimum Gasteiger partial charge on any atom is -0.460 e. The fourth-order valence-electron chi connectivity index (χ4n) is 5.32. The molecule has 0 aromatic heterocycles. The maximum Gasteiger partial charge on any atom is 0.329 e. The Bertz CT molecular complexity index is 886. The molecule has 50 heavy (non-hydrogen) atoms. The van der Waals surface area contributed by atoms with Crippen LogP contribution < -0.4 is 16.4 Å². The van der Waals surface area contributed by atoms with Crippen LogP contribution in [0.4, 0.5) is 0 Å². The Morgan fingerprint density at radius 3 is 1.52 bits per heavy atom. The van der Waals surface area contributed by atoms with Gasteiger partial charge >= 0.3 is 11.9 Å². The van der Waals surface area contributed by atoms with Crippen molar-refractivity contribution < 1.29 is 38.1 Å².